The Labute approximate surface area is 206 Å². The molecule has 33 heavy (non-hydrogen) atoms. The highest BCUT2D eigenvalue weighted by Gasteiger charge is 2.31. The molecule has 0 radical (unpaired) electrons. The van der Waals surface area contributed by atoms with E-state index in [1.807, 2.05) is 41.3 Å². The van der Waals surface area contributed by atoms with E-state index in [0.29, 0.717) is 22.5 Å². The first kappa shape index (κ1) is 23.7. The van der Waals surface area contributed by atoms with Gasteiger partial charge in [0.25, 0.3) is 0 Å². The van der Waals surface area contributed by atoms with Crippen LogP contribution in [-0.4, -0.2) is 13.0 Å². The third-order valence-electron chi connectivity index (χ3n) is 6.37. The van der Waals surface area contributed by atoms with Gasteiger partial charge in [0, 0.05) is 15.7 Å². The molecule has 0 N–H and O–H groups in total. The number of nitrogens with zero attached hydrogens (tertiary/aromatic N) is 1. The second-order valence-electron chi connectivity index (χ2n) is 8.96. The minimum atomic E-state index is -0.219. The number of amides is 1. The van der Waals surface area contributed by atoms with E-state index in [0.717, 1.165) is 41.8 Å². The van der Waals surface area contributed by atoms with E-state index in [1.165, 1.54) is 11.1 Å². The van der Waals surface area contributed by atoms with E-state index in [2.05, 4.69) is 32.0 Å². The maximum absolute atomic E-state index is 14.1. The van der Waals surface area contributed by atoms with Gasteiger partial charge in [0.1, 0.15) is 5.75 Å². The number of benzene rings is 3. The summed E-state index contributed by atoms with van der Waals surface area (Å²) in [6, 6.07) is 19.8. The molecule has 1 amide bonds. The van der Waals surface area contributed by atoms with Crippen molar-refractivity contribution in [3.63, 3.8) is 0 Å². The molecule has 1 unspecified atom stereocenters. The van der Waals surface area contributed by atoms with Gasteiger partial charge >= 0.3 is 0 Å². The first-order valence-corrected chi connectivity index (χ1v) is 12.1. The lowest BCUT2D eigenvalue weighted by Crippen LogP contribution is -2.36. The monoisotopic (exact) mass is 481 g/mol. The number of methoxy groups -OCH3 is 1. The minimum Gasteiger partial charge on any atom is -0.497 e. The Balaban J connectivity index is 1.73. The summed E-state index contributed by atoms with van der Waals surface area (Å²) < 4.78 is 5.46. The lowest BCUT2D eigenvalue weighted by molar-refractivity contribution is -0.120. The van der Waals surface area contributed by atoms with Gasteiger partial charge in [-0.05, 0) is 89.9 Å². The summed E-state index contributed by atoms with van der Waals surface area (Å²) in [5.74, 6) is 1.07. The fourth-order valence-corrected chi connectivity index (χ4v) is 5.14. The molecule has 1 aliphatic rings. The predicted molar refractivity (Wildman–Crippen MR) is 137 cm³/mol. The van der Waals surface area contributed by atoms with Gasteiger partial charge in [-0.25, -0.2) is 0 Å². The predicted octanol–water partition coefficient (Wildman–Crippen LogP) is 7.78. The van der Waals surface area contributed by atoms with Crippen LogP contribution in [0.5, 0.6) is 5.75 Å². The Morgan fingerprint density at radius 3 is 2.36 bits per heavy atom. The van der Waals surface area contributed by atoms with Crippen LogP contribution in [-0.2, 0) is 17.8 Å². The molecule has 3 aromatic rings. The summed E-state index contributed by atoms with van der Waals surface area (Å²) in [5.41, 5.74) is 5.30. The van der Waals surface area contributed by atoms with Crippen LogP contribution in [0, 0.1) is 0 Å². The number of aryl methyl sites for hydroxylation is 1. The van der Waals surface area contributed by atoms with Crippen molar-refractivity contribution in [3.8, 4) is 5.75 Å². The molecule has 0 fully saturated rings. The van der Waals surface area contributed by atoms with Gasteiger partial charge in [0.2, 0.25) is 5.91 Å². The lowest BCUT2D eigenvalue weighted by atomic mass is 9.81. The van der Waals surface area contributed by atoms with Crippen LogP contribution in [0.1, 0.15) is 60.8 Å². The number of anilines is 1. The quantitative estimate of drug-likeness (QED) is 0.359. The molecule has 3 aromatic carbocycles. The number of halogens is 2. The average Bonchev–Trinajstić information content (AvgIpc) is 2.81. The van der Waals surface area contributed by atoms with E-state index in [1.54, 1.807) is 13.2 Å². The maximum Gasteiger partial charge on any atom is 0.234 e. The molecule has 0 aromatic heterocycles. The summed E-state index contributed by atoms with van der Waals surface area (Å²) in [5, 5.41) is 1.13. The van der Waals surface area contributed by atoms with Gasteiger partial charge in [-0.15, -0.1) is 0 Å². The van der Waals surface area contributed by atoms with Gasteiger partial charge in [-0.3, -0.25) is 4.79 Å². The highest BCUT2D eigenvalue weighted by Crippen LogP contribution is 2.37. The summed E-state index contributed by atoms with van der Waals surface area (Å²) in [4.78, 5) is 15.9. The number of hydrogen-bond donors (Lipinski definition) is 0. The standard InChI is InChI=1S/C28H29Cl2NO2/c1-18(2)20-7-10-24(11-8-20)31(17-19-13-22(29)15-23(30)14-19)28(32)26-6-4-5-21-9-12-25(33-3)16-27(21)26/h7-16,18,26H,4-6,17H2,1-3H3. The molecule has 0 spiro atoms. The third-order valence-corrected chi connectivity index (χ3v) is 6.80. The molecule has 0 saturated carbocycles. The fourth-order valence-electron chi connectivity index (χ4n) is 4.57. The molecule has 4 rings (SSSR count). The Morgan fingerprint density at radius 2 is 1.73 bits per heavy atom. The highest BCUT2D eigenvalue weighted by atomic mass is 35.5. The van der Waals surface area contributed by atoms with Crippen LogP contribution in [0.4, 0.5) is 5.69 Å². The summed E-state index contributed by atoms with van der Waals surface area (Å²) >= 11 is 12.5. The second-order valence-corrected chi connectivity index (χ2v) is 9.83. The van der Waals surface area contributed by atoms with Crippen LogP contribution >= 0.6 is 23.2 Å². The van der Waals surface area contributed by atoms with Crippen molar-refractivity contribution >= 4 is 34.8 Å². The van der Waals surface area contributed by atoms with Gasteiger partial charge in [0.15, 0.2) is 0 Å². The first-order valence-electron chi connectivity index (χ1n) is 11.4. The van der Waals surface area contributed by atoms with Crippen LogP contribution in [0.15, 0.2) is 60.7 Å². The zero-order chi connectivity index (χ0) is 23.5. The van der Waals surface area contributed by atoms with Crippen molar-refractivity contribution in [2.45, 2.75) is 51.5 Å². The fraction of sp³-hybridized carbons (Fsp3) is 0.321. The lowest BCUT2D eigenvalue weighted by Gasteiger charge is -2.31. The van der Waals surface area contributed by atoms with Crippen LogP contribution in [0.3, 0.4) is 0 Å². The van der Waals surface area contributed by atoms with Gasteiger partial charge in [-0.1, -0.05) is 55.2 Å². The molecule has 0 aliphatic heterocycles. The van der Waals surface area contributed by atoms with Crippen LogP contribution < -0.4 is 9.64 Å². The van der Waals surface area contributed by atoms with E-state index in [9.17, 15) is 4.79 Å². The van der Waals surface area contributed by atoms with Crippen LogP contribution in [0.25, 0.3) is 0 Å². The SMILES string of the molecule is COc1ccc2c(c1)C(C(=O)N(Cc1cc(Cl)cc(Cl)c1)c1ccc(C(C)C)cc1)CCC2. The number of ether oxygens (including phenoxy) is 1. The summed E-state index contributed by atoms with van der Waals surface area (Å²) in [6.07, 6.45) is 2.78. The van der Waals surface area contributed by atoms with E-state index >= 15 is 0 Å². The van der Waals surface area contributed by atoms with Gasteiger partial charge < -0.3 is 9.64 Å². The topological polar surface area (TPSA) is 29.5 Å². The summed E-state index contributed by atoms with van der Waals surface area (Å²) in [7, 11) is 1.66. The molecule has 172 valence electrons. The first-order chi connectivity index (χ1) is 15.9. The smallest absolute Gasteiger partial charge is 0.234 e. The number of carbonyl (C=O) groups is 1. The third kappa shape index (κ3) is 5.37. The van der Waals surface area contributed by atoms with Crippen molar-refractivity contribution in [2.24, 2.45) is 0 Å². The van der Waals surface area contributed by atoms with Crippen LogP contribution in [0.2, 0.25) is 10.0 Å². The molecule has 0 bridgehead atoms. The molecular formula is C28H29Cl2NO2. The second kappa shape index (κ2) is 10.2. The van der Waals surface area contributed by atoms with E-state index in [4.69, 9.17) is 27.9 Å². The molecule has 0 heterocycles. The molecule has 1 aliphatic carbocycles. The summed E-state index contributed by atoms with van der Waals surface area (Å²) in [6.45, 7) is 4.73. The number of fused-ring (bicyclic) bond motifs is 1. The minimum absolute atomic E-state index is 0.0811. The Morgan fingerprint density at radius 1 is 1.03 bits per heavy atom. The normalized spacial score (nSPS) is 15.3. The Bertz CT molecular complexity index is 1120. The van der Waals surface area contributed by atoms with Gasteiger partial charge in [-0.2, -0.15) is 0 Å². The molecule has 5 heteroatoms. The average molecular weight is 482 g/mol. The zero-order valence-electron chi connectivity index (χ0n) is 19.3. The van der Waals surface area contributed by atoms with E-state index < -0.39 is 0 Å². The molecular weight excluding hydrogens is 453 g/mol. The van der Waals surface area contributed by atoms with Crippen molar-refractivity contribution in [1.29, 1.82) is 0 Å². The number of carbonyl (C=O) groups excluding carboxylic acids is 1. The molecule has 0 saturated heterocycles. The van der Waals surface area contributed by atoms with Crippen molar-refractivity contribution in [3.05, 3.63) is 93.0 Å². The van der Waals surface area contributed by atoms with E-state index in [-0.39, 0.29) is 11.8 Å². The molecule has 3 nitrogen and oxygen atoms in total. The largest absolute Gasteiger partial charge is 0.497 e. The Kier molecular flexibility index (Phi) is 7.31. The van der Waals surface area contributed by atoms with Crippen molar-refractivity contribution in [2.75, 3.05) is 12.0 Å². The number of rotatable bonds is 6. The van der Waals surface area contributed by atoms with Gasteiger partial charge in [0.05, 0.1) is 19.6 Å². The number of hydrogen-bond acceptors (Lipinski definition) is 2. The van der Waals surface area contributed by atoms with Crippen molar-refractivity contribution < 1.29 is 9.53 Å². The van der Waals surface area contributed by atoms with Crippen molar-refractivity contribution in [1.82, 2.24) is 0 Å². The zero-order valence-corrected chi connectivity index (χ0v) is 20.8. The Hall–Kier alpha value is -2.49. The molecule has 1 atom stereocenters. The maximum atomic E-state index is 14.1. The highest BCUT2D eigenvalue weighted by molar-refractivity contribution is 6.34.